The SMILES string of the molecule is NCc1ccc(Cl)c(S(=O)(=O)Nc2cccc(Cl)c2Cl)c1. The Kier molecular flexibility index (Phi) is 5.01. The van der Waals surface area contributed by atoms with Gasteiger partial charge in [0, 0.05) is 6.54 Å². The number of sulfonamides is 1. The molecule has 0 saturated carbocycles. The number of benzene rings is 2. The summed E-state index contributed by atoms with van der Waals surface area (Å²) in [7, 11) is -3.90. The molecular formula is C13H11Cl3N2O2S. The highest BCUT2D eigenvalue weighted by Crippen LogP contribution is 2.32. The predicted molar refractivity (Wildman–Crippen MR) is 86.6 cm³/mol. The molecule has 0 heterocycles. The number of anilines is 1. The van der Waals surface area contributed by atoms with Crippen LogP contribution in [-0.4, -0.2) is 8.42 Å². The first-order valence-corrected chi connectivity index (χ1v) is 8.42. The van der Waals surface area contributed by atoms with E-state index in [2.05, 4.69) is 4.72 Å². The van der Waals surface area contributed by atoms with Gasteiger partial charge in [-0.3, -0.25) is 4.72 Å². The van der Waals surface area contributed by atoms with Crippen LogP contribution in [-0.2, 0) is 16.6 Å². The molecule has 0 fully saturated rings. The van der Waals surface area contributed by atoms with Gasteiger partial charge in [0.05, 0.1) is 20.8 Å². The third-order valence-corrected chi connectivity index (χ3v) is 5.38. The Bertz CT molecular complexity index is 779. The molecule has 0 saturated heterocycles. The minimum Gasteiger partial charge on any atom is -0.326 e. The Morgan fingerprint density at radius 1 is 1.05 bits per heavy atom. The van der Waals surface area contributed by atoms with Gasteiger partial charge in [-0.05, 0) is 29.8 Å². The zero-order chi connectivity index (χ0) is 15.6. The molecule has 0 bridgehead atoms. The Morgan fingerprint density at radius 3 is 2.43 bits per heavy atom. The van der Waals surface area contributed by atoms with Gasteiger partial charge in [0.1, 0.15) is 4.90 Å². The van der Waals surface area contributed by atoms with E-state index in [0.717, 1.165) is 0 Å². The monoisotopic (exact) mass is 364 g/mol. The number of hydrogen-bond donors (Lipinski definition) is 2. The average molecular weight is 366 g/mol. The lowest BCUT2D eigenvalue weighted by atomic mass is 10.2. The Morgan fingerprint density at radius 2 is 1.76 bits per heavy atom. The van der Waals surface area contributed by atoms with Crippen molar-refractivity contribution in [1.82, 2.24) is 0 Å². The summed E-state index contributed by atoms with van der Waals surface area (Å²) in [5, 5.41) is 0.463. The van der Waals surface area contributed by atoms with Gasteiger partial charge in [-0.2, -0.15) is 0 Å². The predicted octanol–water partition coefficient (Wildman–Crippen LogP) is 3.91. The Balaban J connectivity index is 2.46. The van der Waals surface area contributed by atoms with Gasteiger partial charge >= 0.3 is 0 Å². The van der Waals surface area contributed by atoms with Gasteiger partial charge in [0.15, 0.2) is 0 Å². The van der Waals surface area contributed by atoms with Crippen molar-refractivity contribution >= 4 is 50.5 Å². The molecule has 0 unspecified atom stereocenters. The van der Waals surface area contributed by atoms with Crippen molar-refractivity contribution in [3.8, 4) is 0 Å². The molecule has 0 amide bonds. The molecule has 3 N–H and O–H groups in total. The minimum absolute atomic E-state index is 0.0665. The van der Waals surface area contributed by atoms with Crippen LogP contribution in [0.1, 0.15) is 5.56 Å². The third-order valence-electron chi connectivity index (χ3n) is 2.72. The van der Waals surface area contributed by atoms with Gasteiger partial charge < -0.3 is 5.73 Å². The fourth-order valence-electron chi connectivity index (χ4n) is 1.66. The third kappa shape index (κ3) is 3.62. The molecule has 112 valence electrons. The van der Waals surface area contributed by atoms with Crippen molar-refractivity contribution in [2.75, 3.05) is 4.72 Å². The number of hydrogen-bond acceptors (Lipinski definition) is 3. The van der Waals surface area contributed by atoms with E-state index in [0.29, 0.717) is 5.56 Å². The van der Waals surface area contributed by atoms with Gasteiger partial charge in [0.2, 0.25) is 0 Å². The molecule has 2 aromatic carbocycles. The second kappa shape index (κ2) is 6.42. The lowest BCUT2D eigenvalue weighted by Gasteiger charge is -2.12. The molecule has 4 nitrogen and oxygen atoms in total. The molecule has 2 aromatic rings. The van der Waals surface area contributed by atoms with Crippen LogP contribution in [0.15, 0.2) is 41.3 Å². The summed E-state index contributed by atoms with van der Waals surface area (Å²) in [4.78, 5) is -0.0665. The van der Waals surface area contributed by atoms with E-state index in [1.165, 1.54) is 18.2 Å². The van der Waals surface area contributed by atoms with Gasteiger partial charge in [-0.1, -0.05) is 46.9 Å². The topological polar surface area (TPSA) is 72.2 Å². The highest BCUT2D eigenvalue weighted by Gasteiger charge is 2.20. The fourth-order valence-corrected chi connectivity index (χ4v) is 3.69. The fraction of sp³-hybridized carbons (Fsp3) is 0.0769. The lowest BCUT2D eigenvalue weighted by Crippen LogP contribution is -2.14. The Hall–Kier alpha value is -0.980. The van der Waals surface area contributed by atoms with Crippen molar-refractivity contribution in [2.24, 2.45) is 5.73 Å². The number of nitrogens with one attached hydrogen (secondary N) is 1. The van der Waals surface area contributed by atoms with Crippen LogP contribution in [0.2, 0.25) is 15.1 Å². The second-order valence-corrected chi connectivity index (χ2v) is 7.02. The van der Waals surface area contributed by atoms with Gasteiger partial charge in [-0.15, -0.1) is 0 Å². The molecule has 0 aliphatic carbocycles. The summed E-state index contributed by atoms with van der Waals surface area (Å²) < 4.78 is 27.2. The zero-order valence-electron chi connectivity index (χ0n) is 10.6. The molecule has 0 aliphatic rings. The maximum Gasteiger partial charge on any atom is 0.263 e. The molecule has 0 radical (unpaired) electrons. The molecule has 8 heteroatoms. The van der Waals surface area contributed by atoms with Crippen LogP contribution >= 0.6 is 34.8 Å². The lowest BCUT2D eigenvalue weighted by molar-refractivity contribution is 0.601. The van der Waals surface area contributed by atoms with Crippen LogP contribution in [0.3, 0.4) is 0 Å². The minimum atomic E-state index is -3.90. The summed E-state index contributed by atoms with van der Waals surface area (Å²) in [6.07, 6.45) is 0. The highest BCUT2D eigenvalue weighted by molar-refractivity contribution is 7.92. The first-order valence-electron chi connectivity index (χ1n) is 5.80. The van der Waals surface area contributed by atoms with E-state index in [4.69, 9.17) is 40.5 Å². The van der Waals surface area contributed by atoms with E-state index in [1.54, 1.807) is 18.2 Å². The van der Waals surface area contributed by atoms with E-state index in [-0.39, 0.29) is 32.2 Å². The van der Waals surface area contributed by atoms with E-state index in [1.807, 2.05) is 0 Å². The van der Waals surface area contributed by atoms with E-state index < -0.39 is 10.0 Å². The standard InChI is InChI=1S/C13H11Cl3N2O2S/c14-9-5-4-8(7-17)6-12(9)21(19,20)18-11-3-1-2-10(15)13(11)16/h1-6,18H,7,17H2. The second-order valence-electron chi connectivity index (χ2n) is 4.18. The van der Waals surface area contributed by atoms with Crippen molar-refractivity contribution in [2.45, 2.75) is 11.4 Å². The van der Waals surface area contributed by atoms with Crippen LogP contribution in [0.4, 0.5) is 5.69 Å². The van der Waals surface area contributed by atoms with Gasteiger partial charge in [-0.25, -0.2) is 8.42 Å². The smallest absolute Gasteiger partial charge is 0.263 e. The highest BCUT2D eigenvalue weighted by atomic mass is 35.5. The number of halogens is 3. The Labute approximate surface area is 137 Å². The maximum absolute atomic E-state index is 12.4. The van der Waals surface area contributed by atoms with Crippen LogP contribution in [0.5, 0.6) is 0 Å². The van der Waals surface area contributed by atoms with E-state index in [9.17, 15) is 8.42 Å². The van der Waals surface area contributed by atoms with Crippen molar-refractivity contribution < 1.29 is 8.42 Å². The maximum atomic E-state index is 12.4. The van der Waals surface area contributed by atoms with Gasteiger partial charge in [0.25, 0.3) is 10.0 Å². The molecule has 2 rings (SSSR count). The van der Waals surface area contributed by atoms with Crippen molar-refractivity contribution in [1.29, 1.82) is 0 Å². The number of rotatable bonds is 4. The molecular weight excluding hydrogens is 355 g/mol. The van der Waals surface area contributed by atoms with E-state index >= 15 is 0 Å². The average Bonchev–Trinajstić information content (AvgIpc) is 2.44. The largest absolute Gasteiger partial charge is 0.326 e. The first kappa shape index (κ1) is 16.4. The molecule has 0 aliphatic heterocycles. The van der Waals surface area contributed by atoms with Crippen LogP contribution in [0, 0.1) is 0 Å². The molecule has 0 spiro atoms. The summed E-state index contributed by atoms with van der Waals surface area (Å²) in [6.45, 7) is 0.206. The first-order chi connectivity index (χ1) is 9.85. The molecule has 0 atom stereocenters. The van der Waals surface area contributed by atoms with Crippen LogP contribution in [0.25, 0.3) is 0 Å². The van der Waals surface area contributed by atoms with Crippen molar-refractivity contribution in [3.63, 3.8) is 0 Å². The van der Waals surface area contributed by atoms with Crippen LogP contribution < -0.4 is 10.5 Å². The number of nitrogens with two attached hydrogens (primary N) is 1. The molecule has 21 heavy (non-hydrogen) atoms. The zero-order valence-corrected chi connectivity index (χ0v) is 13.7. The normalized spacial score (nSPS) is 11.4. The quantitative estimate of drug-likeness (QED) is 0.863. The summed E-state index contributed by atoms with van der Waals surface area (Å²) >= 11 is 17.8. The summed E-state index contributed by atoms with van der Waals surface area (Å²) in [5.74, 6) is 0. The summed E-state index contributed by atoms with van der Waals surface area (Å²) in [6, 6.07) is 9.22. The molecule has 0 aromatic heterocycles. The summed E-state index contributed by atoms with van der Waals surface area (Å²) in [5.41, 5.74) is 6.34. The van der Waals surface area contributed by atoms with Crippen molar-refractivity contribution in [3.05, 3.63) is 57.0 Å².